The second-order valence-electron chi connectivity index (χ2n) is 7.61. The number of aliphatic imine (C=N–C) groups is 1. The van der Waals surface area contributed by atoms with Crippen LogP contribution in [0, 0.1) is 0 Å². The lowest BCUT2D eigenvalue weighted by Gasteiger charge is -2.36. The number of amides is 1. The first-order valence-corrected chi connectivity index (χ1v) is 10.6. The molecule has 3 heterocycles. The first-order chi connectivity index (χ1) is 14.7. The second kappa shape index (κ2) is 9.56. The molecule has 2 fully saturated rings. The first-order valence-electron chi connectivity index (χ1n) is 10.6. The summed E-state index contributed by atoms with van der Waals surface area (Å²) in [5, 5.41) is 3.51. The predicted molar refractivity (Wildman–Crippen MR) is 117 cm³/mol. The molecule has 1 aromatic carbocycles. The van der Waals surface area contributed by atoms with Crippen molar-refractivity contribution < 1.29 is 4.79 Å². The topological polar surface area (TPSA) is 77.0 Å². The number of rotatable bonds is 5. The standard InChI is InChI=1S/C22H29N7O/c1-23-21(27-12-14-28(15-13-27)22-24-9-5-10-25-22)26-16-18-6-2-3-7-19(18)17-29-11-4-8-20(29)30/h2-3,5-7,9-10H,4,8,11-17H2,1H3,(H,23,26). The molecule has 2 saturated heterocycles. The van der Waals surface area contributed by atoms with Crippen molar-refractivity contribution in [3.05, 3.63) is 53.9 Å². The molecule has 0 atom stereocenters. The van der Waals surface area contributed by atoms with Gasteiger partial charge in [-0.05, 0) is 23.6 Å². The van der Waals surface area contributed by atoms with Crippen molar-refractivity contribution in [2.75, 3.05) is 44.7 Å². The van der Waals surface area contributed by atoms with Crippen LogP contribution in [-0.4, -0.2) is 71.4 Å². The van der Waals surface area contributed by atoms with E-state index in [4.69, 9.17) is 0 Å². The van der Waals surface area contributed by atoms with Crippen LogP contribution in [0.3, 0.4) is 0 Å². The number of guanidine groups is 1. The molecular weight excluding hydrogens is 378 g/mol. The summed E-state index contributed by atoms with van der Waals surface area (Å²) in [5.74, 6) is 1.94. The van der Waals surface area contributed by atoms with E-state index in [1.165, 1.54) is 11.1 Å². The van der Waals surface area contributed by atoms with Crippen LogP contribution in [0.1, 0.15) is 24.0 Å². The number of nitrogens with one attached hydrogen (secondary N) is 1. The third-order valence-corrected chi connectivity index (χ3v) is 5.71. The van der Waals surface area contributed by atoms with Crippen molar-refractivity contribution in [2.45, 2.75) is 25.9 Å². The molecule has 30 heavy (non-hydrogen) atoms. The average Bonchev–Trinajstić information content (AvgIpc) is 3.20. The zero-order chi connectivity index (χ0) is 20.8. The van der Waals surface area contributed by atoms with Gasteiger partial charge in [-0.25, -0.2) is 9.97 Å². The van der Waals surface area contributed by atoms with Crippen LogP contribution < -0.4 is 10.2 Å². The summed E-state index contributed by atoms with van der Waals surface area (Å²) >= 11 is 0. The van der Waals surface area contributed by atoms with E-state index in [1.807, 2.05) is 30.1 Å². The number of hydrogen-bond acceptors (Lipinski definition) is 5. The van der Waals surface area contributed by atoms with Gasteiger partial charge < -0.3 is 20.0 Å². The van der Waals surface area contributed by atoms with Crippen LogP contribution in [0.15, 0.2) is 47.7 Å². The second-order valence-corrected chi connectivity index (χ2v) is 7.61. The Hall–Kier alpha value is -3.16. The maximum Gasteiger partial charge on any atom is 0.225 e. The summed E-state index contributed by atoms with van der Waals surface area (Å²) in [4.78, 5) is 31.6. The number of carbonyl (C=O) groups is 1. The Morgan fingerprint density at radius 3 is 2.43 bits per heavy atom. The lowest BCUT2D eigenvalue weighted by atomic mass is 10.1. The van der Waals surface area contributed by atoms with Crippen LogP contribution in [-0.2, 0) is 17.9 Å². The Kier molecular flexibility index (Phi) is 6.41. The smallest absolute Gasteiger partial charge is 0.225 e. The largest absolute Gasteiger partial charge is 0.352 e. The highest BCUT2D eigenvalue weighted by atomic mass is 16.2. The third-order valence-electron chi connectivity index (χ3n) is 5.71. The van der Waals surface area contributed by atoms with Gasteiger partial charge in [0.15, 0.2) is 5.96 Å². The maximum atomic E-state index is 12.0. The van der Waals surface area contributed by atoms with Gasteiger partial charge in [0.05, 0.1) is 0 Å². The molecule has 4 rings (SSSR count). The Bertz CT molecular complexity index is 878. The molecule has 2 aliphatic rings. The first kappa shape index (κ1) is 20.1. The van der Waals surface area contributed by atoms with Crippen molar-refractivity contribution in [3.63, 3.8) is 0 Å². The summed E-state index contributed by atoms with van der Waals surface area (Å²) in [6.07, 6.45) is 5.20. The van der Waals surface area contributed by atoms with Crippen LogP contribution >= 0.6 is 0 Å². The van der Waals surface area contributed by atoms with Gasteiger partial charge in [0.1, 0.15) is 0 Å². The minimum Gasteiger partial charge on any atom is -0.352 e. The van der Waals surface area contributed by atoms with Gasteiger partial charge in [-0.3, -0.25) is 9.79 Å². The Morgan fingerprint density at radius 1 is 1.03 bits per heavy atom. The number of nitrogens with zero attached hydrogens (tertiary/aromatic N) is 6. The number of likely N-dealkylation sites (tertiary alicyclic amines) is 1. The highest BCUT2D eigenvalue weighted by Crippen LogP contribution is 2.17. The molecule has 8 nitrogen and oxygen atoms in total. The van der Waals surface area contributed by atoms with E-state index in [1.54, 1.807) is 12.4 Å². The minimum atomic E-state index is 0.258. The monoisotopic (exact) mass is 407 g/mol. The summed E-state index contributed by atoms with van der Waals surface area (Å²) in [7, 11) is 1.82. The van der Waals surface area contributed by atoms with E-state index in [0.29, 0.717) is 19.5 Å². The van der Waals surface area contributed by atoms with Crippen molar-refractivity contribution in [3.8, 4) is 0 Å². The van der Waals surface area contributed by atoms with E-state index in [2.05, 4.69) is 42.2 Å². The molecule has 1 amide bonds. The molecule has 0 unspecified atom stereocenters. The third kappa shape index (κ3) is 4.69. The van der Waals surface area contributed by atoms with Crippen molar-refractivity contribution in [1.82, 2.24) is 25.1 Å². The summed E-state index contributed by atoms with van der Waals surface area (Å²) < 4.78 is 0. The van der Waals surface area contributed by atoms with Crippen LogP contribution in [0.5, 0.6) is 0 Å². The number of benzene rings is 1. The van der Waals surface area contributed by atoms with Crippen molar-refractivity contribution in [2.24, 2.45) is 4.99 Å². The normalized spacial score (nSPS) is 17.6. The average molecular weight is 408 g/mol. The molecule has 0 radical (unpaired) electrons. The van der Waals surface area contributed by atoms with Crippen LogP contribution in [0.2, 0.25) is 0 Å². The molecule has 0 saturated carbocycles. The zero-order valence-corrected chi connectivity index (χ0v) is 17.5. The fourth-order valence-electron chi connectivity index (χ4n) is 4.04. The minimum absolute atomic E-state index is 0.258. The molecule has 0 aliphatic carbocycles. The van der Waals surface area contributed by atoms with Crippen molar-refractivity contribution in [1.29, 1.82) is 0 Å². The van der Waals surface area contributed by atoms with Crippen molar-refractivity contribution >= 4 is 17.8 Å². The SMILES string of the molecule is CN=C(NCc1ccccc1CN1CCCC1=O)N1CCN(c2ncccn2)CC1. The molecule has 8 heteroatoms. The fourth-order valence-corrected chi connectivity index (χ4v) is 4.04. The van der Waals surface area contributed by atoms with Gasteiger partial charge in [0.2, 0.25) is 11.9 Å². The Balaban J connectivity index is 1.34. The zero-order valence-electron chi connectivity index (χ0n) is 17.5. The highest BCUT2D eigenvalue weighted by molar-refractivity contribution is 5.80. The summed E-state index contributed by atoms with van der Waals surface area (Å²) in [5.41, 5.74) is 2.40. The van der Waals surface area contributed by atoms with Gasteiger partial charge in [0, 0.05) is 71.7 Å². The van der Waals surface area contributed by atoms with E-state index in [-0.39, 0.29) is 5.91 Å². The number of piperazine rings is 1. The number of aromatic nitrogens is 2. The maximum absolute atomic E-state index is 12.0. The van der Waals surface area contributed by atoms with E-state index in [0.717, 1.165) is 51.1 Å². The number of anilines is 1. The van der Waals surface area contributed by atoms with E-state index in [9.17, 15) is 4.79 Å². The Labute approximate surface area is 177 Å². The van der Waals surface area contributed by atoms with Gasteiger partial charge in [-0.1, -0.05) is 24.3 Å². The highest BCUT2D eigenvalue weighted by Gasteiger charge is 2.22. The van der Waals surface area contributed by atoms with Crippen LogP contribution in [0.4, 0.5) is 5.95 Å². The summed E-state index contributed by atoms with van der Waals surface area (Å²) in [6, 6.07) is 10.2. The predicted octanol–water partition coefficient (Wildman–Crippen LogP) is 1.50. The van der Waals surface area contributed by atoms with Gasteiger partial charge >= 0.3 is 0 Å². The molecule has 158 valence electrons. The van der Waals surface area contributed by atoms with Gasteiger partial charge in [-0.15, -0.1) is 0 Å². The lowest BCUT2D eigenvalue weighted by Crippen LogP contribution is -2.52. The molecule has 2 aromatic rings. The quantitative estimate of drug-likeness (QED) is 0.598. The van der Waals surface area contributed by atoms with Gasteiger partial charge in [0.25, 0.3) is 0 Å². The summed E-state index contributed by atoms with van der Waals surface area (Å²) in [6.45, 7) is 5.68. The number of carbonyl (C=O) groups excluding carboxylic acids is 1. The molecule has 1 aromatic heterocycles. The van der Waals surface area contributed by atoms with E-state index < -0.39 is 0 Å². The van der Waals surface area contributed by atoms with E-state index >= 15 is 0 Å². The van der Waals surface area contributed by atoms with Gasteiger partial charge in [-0.2, -0.15) is 0 Å². The Morgan fingerprint density at radius 2 is 1.77 bits per heavy atom. The molecule has 0 bridgehead atoms. The number of hydrogen-bond donors (Lipinski definition) is 1. The molecule has 1 N–H and O–H groups in total. The molecule has 0 spiro atoms. The molecule has 2 aliphatic heterocycles. The lowest BCUT2D eigenvalue weighted by molar-refractivity contribution is -0.128. The fraction of sp³-hybridized carbons (Fsp3) is 0.455. The van der Waals surface area contributed by atoms with Crippen LogP contribution in [0.25, 0.3) is 0 Å². The molecular formula is C22H29N7O.